The van der Waals surface area contributed by atoms with Gasteiger partial charge >= 0.3 is 11.9 Å². The highest BCUT2D eigenvalue weighted by atomic mass is 16.5. The molecule has 25 heavy (non-hydrogen) atoms. The summed E-state index contributed by atoms with van der Waals surface area (Å²) in [6.07, 6.45) is 5.29. The lowest BCUT2D eigenvalue weighted by Gasteiger charge is -2.27. The number of rotatable bonds is 6. The van der Waals surface area contributed by atoms with Crippen molar-refractivity contribution in [3.63, 3.8) is 0 Å². The van der Waals surface area contributed by atoms with Crippen LogP contribution in [0.3, 0.4) is 0 Å². The van der Waals surface area contributed by atoms with Gasteiger partial charge in [0.2, 0.25) is 5.91 Å². The van der Waals surface area contributed by atoms with E-state index in [9.17, 15) is 14.4 Å². The van der Waals surface area contributed by atoms with E-state index >= 15 is 0 Å². The largest absolute Gasteiger partial charge is 0.478 e. The summed E-state index contributed by atoms with van der Waals surface area (Å²) < 4.78 is 5.39. The van der Waals surface area contributed by atoms with Crippen molar-refractivity contribution < 1.29 is 24.2 Å². The molecule has 0 saturated carbocycles. The van der Waals surface area contributed by atoms with E-state index in [0.717, 1.165) is 6.42 Å². The Morgan fingerprint density at radius 1 is 1.16 bits per heavy atom. The second kappa shape index (κ2) is 8.46. The van der Waals surface area contributed by atoms with Crippen molar-refractivity contribution in [2.75, 3.05) is 5.32 Å². The second-order valence-corrected chi connectivity index (χ2v) is 6.18. The molecular weight excluding hydrogens is 322 g/mol. The molecule has 1 aliphatic carbocycles. The quantitative estimate of drug-likeness (QED) is 0.610. The van der Waals surface area contributed by atoms with E-state index in [0.29, 0.717) is 18.5 Å². The molecule has 1 aromatic rings. The topological polar surface area (TPSA) is 92.7 Å². The summed E-state index contributed by atoms with van der Waals surface area (Å²) in [5, 5.41) is 11.7. The highest BCUT2D eigenvalue weighted by Gasteiger charge is 2.35. The van der Waals surface area contributed by atoms with Crippen LogP contribution in [0.15, 0.2) is 36.4 Å². The first-order valence-electron chi connectivity index (χ1n) is 8.42. The number of carbonyl (C=O) groups is 3. The number of nitrogens with one attached hydrogen (secondary N) is 1. The smallest absolute Gasteiger partial charge is 0.335 e. The zero-order chi connectivity index (χ0) is 18.4. The molecule has 6 nitrogen and oxygen atoms in total. The molecule has 0 aromatic heterocycles. The van der Waals surface area contributed by atoms with Gasteiger partial charge in [0.15, 0.2) is 0 Å². The van der Waals surface area contributed by atoms with E-state index in [-0.39, 0.29) is 23.5 Å². The monoisotopic (exact) mass is 345 g/mol. The van der Waals surface area contributed by atoms with Crippen LogP contribution in [0.2, 0.25) is 0 Å². The number of ether oxygens (including phenoxy) is 1. The molecule has 3 atom stereocenters. The van der Waals surface area contributed by atoms with E-state index in [2.05, 4.69) is 5.32 Å². The first-order valence-corrected chi connectivity index (χ1v) is 8.42. The molecule has 0 bridgehead atoms. The number of allylic oxidation sites excluding steroid dienone is 2. The molecular formula is C19H23NO5. The molecule has 134 valence electrons. The Balaban J connectivity index is 2.06. The van der Waals surface area contributed by atoms with Gasteiger partial charge in [-0.15, -0.1) is 0 Å². The molecule has 6 heteroatoms. The minimum Gasteiger partial charge on any atom is -0.478 e. The van der Waals surface area contributed by atoms with Crippen LogP contribution in [-0.4, -0.2) is 29.1 Å². The Morgan fingerprint density at radius 3 is 2.32 bits per heavy atom. The molecule has 1 amide bonds. The SMILES string of the molecule is CCC(C)OC(=O)C1CC=CCC1C(=O)Nc1ccc(C(=O)O)cc1. The van der Waals surface area contributed by atoms with Crippen molar-refractivity contribution >= 4 is 23.5 Å². The first-order chi connectivity index (χ1) is 11.9. The lowest BCUT2D eigenvalue weighted by molar-refractivity contribution is -0.157. The number of carboxylic acid groups (broad SMARTS) is 1. The first kappa shape index (κ1) is 18.7. The Hall–Kier alpha value is -2.63. The van der Waals surface area contributed by atoms with Crippen LogP contribution in [0.5, 0.6) is 0 Å². The number of benzene rings is 1. The summed E-state index contributed by atoms with van der Waals surface area (Å²) in [6, 6.07) is 5.92. The van der Waals surface area contributed by atoms with Gasteiger partial charge in [0, 0.05) is 5.69 Å². The van der Waals surface area contributed by atoms with Crippen LogP contribution in [0.1, 0.15) is 43.5 Å². The van der Waals surface area contributed by atoms with Crippen LogP contribution in [0.4, 0.5) is 5.69 Å². The van der Waals surface area contributed by atoms with Gasteiger partial charge in [-0.05, 0) is 50.5 Å². The maximum Gasteiger partial charge on any atom is 0.335 e. The third-order valence-electron chi connectivity index (χ3n) is 4.36. The molecule has 2 N–H and O–H groups in total. The van der Waals surface area contributed by atoms with Crippen molar-refractivity contribution in [2.24, 2.45) is 11.8 Å². The van der Waals surface area contributed by atoms with Crippen LogP contribution >= 0.6 is 0 Å². The molecule has 0 aliphatic heterocycles. The third kappa shape index (κ3) is 4.92. The lowest BCUT2D eigenvalue weighted by atomic mass is 9.82. The summed E-state index contributed by atoms with van der Waals surface area (Å²) in [7, 11) is 0. The summed E-state index contributed by atoms with van der Waals surface area (Å²) in [4.78, 5) is 35.8. The molecule has 1 aliphatic rings. The van der Waals surface area contributed by atoms with Gasteiger partial charge in [-0.1, -0.05) is 19.1 Å². The fourth-order valence-corrected chi connectivity index (χ4v) is 2.66. The molecule has 2 rings (SSSR count). The standard InChI is InChI=1S/C19H23NO5/c1-3-12(2)25-19(24)16-7-5-4-6-15(16)17(21)20-14-10-8-13(9-11-14)18(22)23/h4-5,8-12,15-16H,3,6-7H2,1-2H3,(H,20,21)(H,22,23). The van der Waals surface area contributed by atoms with Gasteiger partial charge < -0.3 is 15.2 Å². The van der Waals surface area contributed by atoms with E-state index in [1.54, 1.807) is 0 Å². The van der Waals surface area contributed by atoms with Crippen molar-refractivity contribution in [3.05, 3.63) is 42.0 Å². The van der Waals surface area contributed by atoms with Gasteiger partial charge in [-0.2, -0.15) is 0 Å². The number of hydrogen-bond donors (Lipinski definition) is 2. The number of esters is 1. The van der Waals surface area contributed by atoms with Gasteiger partial charge in [0.1, 0.15) is 0 Å². The normalized spacial score (nSPS) is 20.6. The van der Waals surface area contributed by atoms with Crippen molar-refractivity contribution in [2.45, 2.75) is 39.2 Å². The summed E-state index contributed by atoms with van der Waals surface area (Å²) in [5.74, 6) is -2.64. The molecule has 0 saturated heterocycles. The third-order valence-corrected chi connectivity index (χ3v) is 4.36. The van der Waals surface area contributed by atoms with Crippen LogP contribution < -0.4 is 5.32 Å². The van der Waals surface area contributed by atoms with E-state index in [1.807, 2.05) is 26.0 Å². The molecule has 3 unspecified atom stereocenters. The highest BCUT2D eigenvalue weighted by molar-refractivity contribution is 5.96. The van der Waals surface area contributed by atoms with E-state index < -0.39 is 17.8 Å². The van der Waals surface area contributed by atoms with Crippen LogP contribution in [0, 0.1) is 11.8 Å². The number of carbonyl (C=O) groups excluding carboxylic acids is 2. The summed E-state index contributed by atoms with van der Waals surface area (Å²) in [5.41, 5.74) is 0.646. The van der Waals surface area contributed by atoms with Gasteiger partial charge in [-0.3, -0.25) is 9.59 Å². The number of anilines is 1. The van der Waals surface area contributed by atoms with Gasteiger partial charge in [-0.25, -0.2) is 4.79 Å². The minimum absolute atomic E-state index is 0.147. The molecule has 1 aromatic carbocycles. The van der Waals surface area contributed by atoms with Crippen molar-refractivity contribution in [3.8, 4) is 0 Å². The molecule has 0 radical (unpaired) electrons. The maximum absolute atomic E-state index is 12.6. The average molecular weight is 345 g/mol. The number of hydrogen-bond acceptors (Lipinski definition) is 4. The summed E-state index contributed by atoms with van der Waals surface area (Å²) in [6.45, 7) is 3.76. The van der Waals surface area contributed by atoms with Crippen LogP contribution in [0.25, 0.3) is 0 Å². The minimum atomic E-state index is -1.02. The predicted octanol–water partition coefficient (Wildman–Crippen LogP) is 3.25. The molecule has 0 heterocycles. The van der Waals surface area contributed by atoms with Crippen molar-refractivity contribution in [1.82, 2.24) is 0 Å². The predicted molar refractivity (Wildman–Crippen MR) is 93.2 cm³/mol. The Labute approximate surface area is 146 Å². The zero-order valence-electron chi connectivity index (χ0n) is 14.4. The second-order valence-electron chi connectivity index (χ2n) is 6.18. The van der Waals surface area contributed by atoms with Crippen molar-refractivity contribution in [1.29, 1.82) is 0 Å². The number of carboxylic acids is 1. The van der Waals surface area contributed by atoms with Gasteiger partial charge in [0.25, 0.3) is 0 Å². The number of amides is 1. The molecule has 0 spiro atoms. The Morgan fingerprint density at radius 2 is 1.76 bits per heavy atom. The Kier molecular flexibility index (Phi) is 6.33. The fourth-order valence-electron chi connectivity index (χ4n) is 2.66. The average Bonchev–Trinajstić information content (AvgIpc) is 2.61. The Bertz CT molecular complexity index is 665. The molecule has 0 fully saturated rings. The van der Waals surface area contributed by atoms with Crippen LogP contribution in [-0.2, 0) is 14.3 Å². The lowest BCUT2D eigenvalue weighted by Crippen LogP contribution is -2.36. The summed E-state index contributed by atoms with van der Waals surface area (Å²) >= 11 is 0. The van der Waals surface area contributed by atoms with E-state index in [4.69, 9.17) is 9.84 Å². The maximum atomic E-state index is 12.6. The fraction of sp³-hybridized carbons (Fsp3) is 0.421. The van der Waals surface area contributed by atoms with Gasteiger partial charge in [0.05, 0.1) is 23.5 Å². The zero-order valence-corrected chi connectivity index (χ0v) is 14.4. The number of aromatic carboxylic acids is 1. The van der Waals surface area contributed by atoms with E-state index in [1.165, 1.54) is 24.3 Å². The highest BCUT2D eigenvalue weighted by Crippen LogP contribution is 2.28.